The Bertz CT molecular complexity index is 544. The number of nitrogens with zero attached hydrogens (tertiary/aromatic N) is 5. The smallest absolute Gasteiger partial charge is 0.278 e. The molecule has 1 aliphatic rings. The van der Waals surface area contributed by atoms with Crippen LogP contribution in [0.1, 0.15) is 33.3 Å². The van der Waals surface area contributed by atoms with Gasteiger partial charge in [-0.1, -0.05) is 33.8 Å². The van der Waals surface area contributed by atoms with Crippen molar-refractivity contribution in [2.24, 2.45) is 0 Å². The molecule has 0 radical (unpaired) electrons. The standard InChI is InChI=1S/C13H17N5O.2C2H6/c1-10-3-4-11(14-9-10)12-15-13(16-19-12)18-7-5-17(2)6-8-18;2*1-2/h3-4,9H,5-8H2,1-2H3;2*1-2H3. The molecule has 1 fully saturated rings. The Morgan fingerprint density at radius 2 is 1.65 bits per heavy atom. The molecule has 0 aromatic carbocycles. The van der Waals surface area contributed by atoms with E-state index in [2.05, 4.69) is 32.0 Å². The molecule has 2 aromatic rings. The first-order chi connectivity index (χ1) is 11.2. The molecule has 23 heavy (non-hydrogen) atoms. The summed E-state index contributed by atoms with van der Waals surface area (Å²) in [7, 11) is 2.12. The minimum Gasteiger partial charge on any atom is -0.336 e. The highest BCUT2D eigenvalue weighted by Gasteiger charge is 2.19. The van der Waals surface area contributed by atoms with Crippen LogP contribution in [0.4, 0.5) is 5.95 Å². The summed E-state index contributed by atoms with van der Waals surface area (Å²) >= 11 is 0. The summed E-state index contributed by atoms with van der Waals surface area (Å²) in [5, 5.41) is 4.05. The predicted molar refractivity (Wildman–Crippen MR) is 94.7 cm³/mol. The third kappa shape index (κ3) is 5.32. The molecule has 0 saturated carbocycles. The minimum absolute atomic E-state index is 0.480. The van der Waals surface area contributed by atoms with Gasteiger partial charge >= 0.3 is 0 Å². The van der Waals surface area contributed by atoms with Crippen LogP contribution in [0.3, 0.4) is 0 Å². The lowest BCUT2D eigenvalue weighted by Crippen LogP contribution is -2.44. The summed E-state index contributed by atoms with van der Waals surface area (Å²) in [4.78, 5) is 13.2. The molecule has 0 aliphatic carbocycles. The Morgan fingerprint density at radius 3 is 2.22 bits per heavy atom. The molecule has 1 aliphatic heterocycles. The van der Waals surface area contributed by atoms with Gasteiger partial charge in [0.15, 0.2) is 0 Å². The van der Waals surface area contributed by atoms with Gasteiger partial charge in [0, 0.05) is 32.4 Å². The van der Waals surface area contributed by atoms with Crippen LogP contribution in [0, 0.1) is 6.92 Å². The predicted octanol–water partition coefficient (Wildman–Crippen LogP) is 3.24. The highest BCUT2D eigenvalue weighted by atomic mass is 16.5. The summed E-state index contributed by atoms with van der Waals surface area (Å²) in [6.45, 7) is 13.9. The number of anilines is 1. The van der Waals surface area contributed by atoms with Crippen molar-refractivity contribution in [3.05, 3.63) is 23.9 Å². The van der Waals surface area contributed by atoms with E-state index in [0.717, 1.165) is 37.4 Å². The van der Waals surface area contributed by atoms with Crippen molar-refractivity contribution in [2.45, 2.75) is 34.6 Å². The quantitative estimate of drug-likeness (QED) is 0.847. The Balaban J connectivity index is 0.000000615. The molecule has 1 saturated heterocycles. The van der Waals surface area contributed by atoms with E-state index in [1.165, 1.54) is 0 Å². The number of aryl methyl sites for hydroxylation is 1. The normalized spacial score (nSPS) is 14.4. The number of aromatic nitrogens is 3. The van der Waals surface area contributed by atoms with Crippen molar-refractivity contribution >= 4 is 5.95 Å². The van der Waals surface area contributed by atoms with Gasteiger partial charge in [-0.15, -0.1) is 0 Å². The van der Waals surface area contributed by atoms with Crippen LogP contribution in [-0.2, 0) is 0 Å². The maximum atomic E-state index is 5.29. The van der Waals surface area contributed by atoms with Gasteiger partial charge in [0.25, 0.3) is 11.8 Å². The summed E-state index contributed by atoms with van der Waals surface area (Å²) in [6, 6.07) is 3.89. The molecule has 0 bridgehead atoms. The molecule has 6 heteroatoms. The average Bonchev–Trinajstić information content (AvgIpc) is 3.10. The van der Waals surface area contributed by atoms with Gasteiger partial charge in [-0.2, -0.15) is 4.98 Å². The zero-order valence-electron chi connectivity index (χ0n) is 15.2. The molecule has 128 valence electrons. The van der Waals surface area contributed by atoms with Gasteiger partial charge in [-0.05, 0) is 30.8 Å². The molecule has 0 atom stereocenters. The second-order valence-electron chi connectivity index (χ2n) is 4.91. The third-order valence-corrected chi connectivity index (χ3v) is 3.33. The van der Waals surface area contributed by atoms with E-state index in [4.69, 9.17) is 4.52 Å². The fraction of sp³-hybridized carbons (Fsp3) is 0.588. The van der Waals surface area contributed by atoms with Gasteiger partial charge in [0.05, 0.1) is 0 Å². The molecule has 0 N–H and O–H groups in total. The van der Waals surface area contributed by atoms with Crippen LogP contribution in [0.2, 0.25) is 0 Å². The maximum absolute atomic E-state index is 5.29. The maximum Gasteiger partial charge on any atom is 0.278 e. The summed E-state index contributed by atoms with van der Waals surface area (Å²) < 4.78 is 5.29. The van der Waals surface area contributed by atoms with Crippen LogP contribution in [-0.4, -0.2) is 53.3 Å². The number of piperazine rings is 1. The lowest BCUT2D eigenvalue weighted by atomic mass is 10.3. The van der Waals surface area contributed by atoms with E-state index < -0.39 is 0 Å². The molecular formula is C17H29N5O. The van der Waals surface area contributed by atoms with E-state index in [1.54, 1.807) is 6.20 Å². The molecule has 3 heterocycles. The lowest BCUT2D eigenvalue weighted by Gasteiger charge is -2.31. The minimum atomic E-state index is 0.480. The number of pyridine rings is 1. The number of likely N-dealkylation sites (N-methyl/N-ethyl adjacent to an activating group) is 1. The van der Waals surface area contributed by atoms with Crippen molar-refractivity contribution in [1.29, 1.82) is 0 Å². The van der Waals surface area contributed by atoms with Gasteiger partial charge in [-0.3, -0.25) is 4.98 Å². The Morgan fingerprint density at radius 1 is 1.00 bits per heavy atom. The summed E-state index contributed by atoms with van der Waals surface area (Å²) in [6.07, 6.45) is 1.80. The second kappa shape index (κ2) is 9.94. The zero-order chi connectivity index (χ0) is 17.2. The Kier molecular flexibility index (Phi) is 8.26. The van der Waals surface area contributed by atoms with E-state index in [9.17, 15) is 0 Å². The fourth-order valence-electron chi connectivity index (χ4n) is 2.05. The second-order valence-corrected chi connectivity index (χ2v) is 4.91. The van der Waals surface area contributed by atoms with E-state index in [1.807, 2.05) is 46.8 Å². The summed E-state index contributed by atoms with van der Waals surface area (Å²) in [5.74, 6) is 1.14. The highest BCUT2D eigenvalue weighted by Crippen LogP contribution is 2.19. The highest BCUT2D eigenvalue weighted by molar-refractivity contribution is 5.49. The first-order valence-corrected chi connectivity index (χ1v) is 8.42. The zero-order valence-corrected chi connectivity index (χ0v) is 15.2. The first kappa shape index (κ1) is 19.1. The molecule has 3 rings (SSSR count). The third-order valence-electron chi connectivity index (χ3n) is 3.33. The van der Waals surface area contributed by atoms with Crippen LogP contribution >= 0.6 is 0 Å². The molecule has 0 spiro atoms. The topological polar surface area (TPSA) is 58.3 Å². The molecule has 6 nitrogen and oxygen atoms in total. The van der Waals surface area contributed by atoms with Crippen molar-refractivity contribution in [3.63, 3.8) is 0 Å². The van der Waals surface area contributed by atoms with Crippen LogP contribution < -0.4 is 4.90 Å². The van der Waals surface area contributed by atoms with Gasteiger partial charge in [0.1, 0.15) is 5.69 Å². The fourth-order valence-corrected chi connectivity index (χ4v) is 2.05. The Hall–Kier alpha value is -1.95. The average molecular weight is 319 g/mol. The number of hydrogen-bond acceptors (Lipinski definition) is 6. The van der Waals surface area contributed by atoms with Gasteiger partial charge < -0.3 is 14.3 Å². The van der Waals surface area contributed by atoms with Crippen molar-refractivity contribution in [3.8, 4) is 11.6 Å². The lowest BCUT2D eigenvalue weighted by molar-refractivity contribution is 0.309. The SMILES string of the molecule is CC.CC.Cc1ccc(-c2nc(N3CCN(C)CC3)no2)nc1. The number of rotatable bonds is 2. The molecule has 0 unspecified atom stereocenters. The van der Waals surface area contributed by atoms with Crippen molar-refractivity contribution < 1.29 is 4.52 Å². The van der Waals surface area contributed by atoms with Crippen LogP contribution in [0.15, 0.2) is 22.9 Å². The van der Waals surface area contributed by atoms with Crippen molar-refractivity contribution in [1.82, 2.24) is 20.0 Å². The van der Waals surface area contributed by atoms with Gasteiger partial charge in [-0.25, -0.2) is 0 Å². The largest absolute Gasteiger partial charge is 0.336 e. The molecule has 2 aromatic heterocycles. The number of hydrogen-bond donors (Lipinski definition) is 0. The van der Waals surface area contributed by atoms with E-state index in [0.29, 0.717) is 11.8 Å². The first-order valence-electron chi connectivity index (χ1n) is 8.42. The summed E-state index contributed by atoms with van der Waals surface area (Å²) in [5.41, 5.74) is 1.83. The van der Waals surface area contributed by atoms with E-state index >= 15 is 0 Å². The molecular weight excluding hydrogens is 290 g/mol. The van der Waals surface area contributed by atoms with Crippen molar-refractivity contribution in [2.75, 3.05) is 38.1 Å². The van der Waals surface area contributed by atoms with Gasteiger partial charge in [0.2, 0.25) is 0 Å². The monoisotopic (exact) mass is 319 g/mol. The Labute approximate surface area is 139 Å². The molecule has 0 amide bonds. The van der Waals surface area contributed by atoms with Crippen LogP contribution in [0.25, 0.3) is 11.6 Å². The van der Waals surface area contributed by atoms with Crippen LogP contribution in [0.5, 0.6) is 0 Å². The van der Waals surface area contributed by atoms with E-state index in [-0.39, 0.29) is 0 Å².